The molecule has 1 unspecified atom stereocenters. The molecule has 0 spiro atoms. The lowest BCUT2D eigenvalue weighted by atomic mass is 10.1. The lowest BCUT2D eigenvalue weighted by Gasteiger charge is -2.25. The summed E-state index contributed by atoms with van der Waals surface area (Å²) in [5.41, 5.74) is 1.17. The molecule has 118 valence electrons. The smallest absolute Gasteiger partial charge is 0.220 e. The van der Waals surface area contributed by atoms with Crippen molar-refractivity contribution in [1.82, 2.24) is 10.2 Å². The lowest BCUT2D eigenvalue weighted by molar-refractivity contribution is -0.121. The van der Waals surface area contributed by atoms with E-state index in [4.69, 9.17) is 4.74 Å². The number of hydrogen-bond acceptors (Lipinski definition) is 3. The first-order valence-electron chi connectivity index (χ1n) is 7.51. The molecule has 0 radical (unpaired) electrons. The van der Waals surface area contributed by atoms with E-state index in [0.29, 0.717) is 18.9 Å². The summed E-state index contributed by atoms with van der Waals surface area (Å²) in [5.74, 6) is 1.53. The highest BCUT2D eigenvalue weighted by atomic mass is 16.5. The summed E-state index contributed by atoms with van der Waals surface area (Å²) in [6.07, 6.45) is 1.53. The predicted molar refractivity (Wildman–Crippen MR) is 86.5 cm³/mol. The maximum absolute atomic E-state index is 11.9. The first-order valence-corrected chi connectivity index (χ1v) is 7.51. The first-order chi connectivity index (χ1) is 9.93. The van der Waals surface area contributed by atoms with Crippen molar-refractivity contribution in [2.45, 2.75) is 32.7 Å². The van der Waals surface area contributed by atoms with Crippen LogP contribution in [0, 0.1) is 5.92 Å². The molecule has 0 fully saturated rings. The number of carbonyl (C=O) groups excluding carboxylic acids is 1. The summed E-state index contributed by atoms with van der Waals surface area (Å²) >= 11 is 0. The summed E-state index contributed by atoms with van der Waals surface area (Å²) in [5, 5.41) is 3.03. The van der Waals surface area contributed by atoms with Crippen LogP contribution in [0.5, 0.6) is 5.75 Å². The average molecular weight is 292 g/mol. The number of nitrogens with zero attached hydrogens (tertiary/aromatic N) is 1. The minimum atomic E-state index is 0.129. The molecule has 0 aliphatic carbocycles. The second-order valence-corrected chi connectivity index (χ2v) is 5.99. The quantitative estimate of drug-likeness (QED) is 0.801. The van der Waals surface area contributed by atoms with Gasteiger partial charge in [0.05, 0.1) is 13.2 Å². The standard InChI is InChI=1S/C17H28N2O2/c1-13(2)6-11-17(20)18-12-16(19(3)4)14-7-9-15(21-5)10-8-14/h7-10,13,16H,6,11-12H2,1-5H3,(H,18,20). The molecule has 1 amide bonds. The van der Waals surface area contributed by atoms with Gasteiger partial charge in [-0.15, -0.1) is 0 Å². The van der Waals surface area contributed by atoms with Crippen molar-refractivity contribution in [3.05, 3.63) is 29.8 Å². The van der Waals surface area contributed by atoms with Gasteiger partial charge in [-0.05, 0) is 44.1 Å². The summed E-state index contributed by atoms with van der Waals surface area (Å²) in [6.45, 7) is 4.89. The van der Waals surface area contributed by atoms with E-state index in [1.54, 1.807) is 7.11 Å². The molecular weight excluding hydrogens is 264 g/mol. The Hall–Kier alpha value is -1.55. The Kier molecular flexibility index (Phi) is 7.23. The SMILES string of the molecule is COc1ccc(C(CNC(=O)CCC(C)C)N(C)C)cc1. The molecule has 1 N–H and O–H groups in total. The van der Waals surface area contributed by atoms with E-state index in [1.807, 2.05) is 38.4 Å². The van der Waals surface area contributed by atoms with Gasteiger partial charge in [0.2, 0.25) is 5.91 Å². The molecule has 0 aliphatic rings. The first kappa shape index (κ1) is 17.5. The molecule has 1 aromatic rings. The summed E-state index contributed by atoms with van der Waals surface area (Å²) in [6, 6.07) is 8.16. The highest BCUT2D eigenvalue weighted by molar-refractivity contribution is 5.75. The van der Waals surface area contributed by atoms with E-state index in [0.717, 1.165) is 12.2 Å². The molecule has 0 saturated heterocycles. The van der Waals surface area contributed by atoms with Crippen molar-refractivity contribution in [1.29, 1.82) is 0 Å². The molecule has 0 aliphatic heterocycles. The van der Waals surface area contributed by atoms with Gasteiger partial charge < -0.3 is 15.0 Å². The van der Waals surface area contributed by atoms with Gasteiger partial charge in [-0.25, -0.2) is 0 Å². The van der Waals surface area contributed by atoms with Gasteiger partial charge in [-0.2, -0.15) is 0 Å². The average Bonchev–Trinajstić information content (AvgIpc) is 2.45. The summed E-state index contributed by atoms with van der Waals surface area (Å²) in [7, 11) is 5.71. The second kappa shape index (κ2) is 8.67. The van der Waals surface area contributed by atoms with Gasteiger partial charge in [0.15, 0.2) is 0 Å². The molecule has 4 nitrogen and oxygen atoms in total. The summed E-state index contributed by atoms with van der Waals surface area (Å²) < 4.78 is 5.18. The van der Waals surface area contributed by atoms with Crippen LogP contribution in [0.3, 0.4) is 0 Å². The van der Waals surface area contributed by atoms with Gasteiger partial charge >= 0.3 is 0 Å². The number of methoxy groups -OCH3 is 1. The van der Waals surface area contributed by atoms with Crippen molar-refractivity contribution in [3.8, 4) is 5.75 Å². The van der Waals surface area contributed by atoms with Crippen LogP contribution in [0.15, 0.2) is 24.3 Å². The second-order valence-electron chi connectivity index (χ2n) is 5.99. The Balaban J connectivity index is 2.59. The fraction of sp³-hybridized carbons (Fsp3) is 0.588. The van der Waals surface area contributed by atoms with Crippen molar-refractivity contribution >= 4 is 5.91 Å². The van der Waals surface area contributed by atoms with E-state index in [2.05, 4.69) is 24.1 Å². The van der Waals surface area contributed by atoms with Crippen molar-refractivity contribution in [2.75, 3.05) is 27.7 Å². The number of benzene rings is 1. The fourth-order valence-electron chi connectivity index (χ4n) is 2.14. The Morgan fingerprint density at radius 1 is 1.24 bits per heavy atom. The minimum absolute atomic E-state index is 0.129. The van der Waals surface area contributed by atoms with Crippen molar-refractivity contribution < 1.29 is 9.53 Å². The molecule has 0 aromatic heterocycles. The molecule has 4 heteroatoms. The Labute approximate surface area is 128 Å². The zero-order chi connectivity index (χ0) is 15.8. The lowest BCUT2D eigenvalue weighted by Crippen LogP contribution is -2.34. The molecule has 1 aromatic carbocycles. The predicted octanol–water partition coefficient (Wildman–Crippen LogP) is 2.85. The minimum Gasteiger partial charge on any atom is -0.497 e. The van der Waals surface area contributed by atoms with Gasteiger partial charge in [-0.1, -0.05) is 26.0 Å². The van der Waals surface area contributed by atoms with Gasteiger partial charge in [0.25, 0.3) is 0 Å². The van der Waals surface area contributed by atoms with E-state index >= 15 is 0 Å². The van der Waals surface area contributed by atoms with Crippen LogP contribution in [0.2, 0.25) is 0 Å². The van der Waals surface area contributed by atoms with E-state index < -0.39 is 0 Å². The zero-order valence-electron chi connectivity index (χ0n) is 13.8. The zero-order valence-corrected chi connectivity index (χ0v) is 13.8. The van der Waals surface area contributed by atoms with Crippen LogP contribution in [0.25, 0.3) is 0 Å². The van der Waals surface area contributed by atoms with Gasteiger partial charge in [-0.3, -0.25) is 4.79 Å². The van der Waals surface area contributed by atoms with Gasteiger partial charge in [0.1, 0.15) is 5.75 Å². The third kappa shape index (κ3) is 6.17. The van der Waals surface area contributed by atoms with E-state index in [-0.39, 0.29) is 11.9 Å². The molecule has 21 heavy (non-hydrogen) atoms. The fourth-order valence-corrected chi connectivity index (χ4v) is 2.14. The number of rotatable bonds is 8. The van der Waals surface area contributed by atoms with E-state index in [9.17, 15) is 4.79 Å². The van der Waals surface area contributed by atoms with Crippen LogP contribution in [-0.2, 0) is 4.79 Å². The highest BCUT2D eigenvalue weighted by Gasteiger charge is 2.15. The van der Waals surface area contributed by atoms with E-state index in [1.165, 1.54) is 5.56 Å². The maximum atomic E-state index is 11.9. The number of amides is 1. The molecule has 0 saturated carbocycles. The largest absolute Gasteiger partial charge is 0.497 e. The number of likely N-dealkylation sites (N-methyl/N-ethyl adjacent to an activating group) is 1. The molecular formula is C17H28N2O2. The third-order valence-corrected chi connectivity index (χ3v) is 3.57. The monoisotopic (exact) mass is 292 g/mol. The summed E-state index contributed by atoms with van der Waals surface area (Å²) in [4.78, 5) is 14.0. The van der Waals surface area contributed by atoms with Crippen LogP contribution in [-0.4, -0.2) is 38.6 Å². The molecule has 0 bridgehead atoms. The van der Waals surface area contributed by atoms with Crippen LogP contribution >= 0.6 is 0 Å². The van der Waals surface area contributed by atoms with Gasteiger partial charge in [0, 0.05) is 13.0 Å². The van der Waals surface area contributed by atoms with Crippen molar-refractivity contribution in [2.24, 2.45) is 5.92 Å². The molecule has 1 rings (SSSR count). The maximum Gasteiger partial charge on any atom is 0.220 e. The Morgan fingerprint density at radius 3 is 2.33 bits per heavy atom. The van der Waals surface area contributed by atoms with Crippen LogP contribution in [0.4, 0.5) is 0 Å². The molecule has 1 atom stereocenters. The Bertz CT molecular complexity index is 427. The third-order valence-electron chi connectivity index (χ3n) is 3.57. The number of carbonyl (C=O) groups is 1. The Morgan fingerprint density at radius 2 is 1.86 bits per heavy atom. The topological polar surface area (TPSA) is 41.6 Å². The number of nitrogens with one attached hydrogen (secondary N) is 1. The van der Waals surface area contributed by atoms with Crippen LogP contribution in [0.1, 0.15) is 38.3 Å². The van der Waals surface area contributed by atoms with Crippen LogP contribution < -0.4 is 10.1 Å². The highest BCUT2D eigenvalue weighted by Crippen LogP contribution is 2.20. The number of hydrogen-bond donors (Lipinski definition) is 1. The molecule has 0 heterocycles. The number of ether oxygens (including phenoxy) is 1. The normalized spacial score (nSPS) is 12.5. The van der Waals surface area contributed by atoms with Crippen molar-refractivity contribution in [3.63, 3.8) is 0 Å².